The molecule has 1 aromatic rings. The van der Waals surface area contributed by atoms with Crippen LogP contribution in [-0.4, -0.2) is 17.3 Å². The standard InChI is InChI=1S/C10H9NO2/c1-7(12)9(11)10(13)8-5-3-2-4-6-8/h2-6,11H,1H3. The molecule has 0 radical (unpaired) electrons. The quantitative estimate of drug-likeness (QED) is 0.429. The van der Waals surface area contributed by atoms with Gasteiger partial charge in [-0.05, 0) is 0 Å². The van der Waals surface area contributed by atoms with E-state index >= 15 is 0 Å². The van der Waals surface area contributed by atoms with E-state index in [0.29, 0.717) is 5.56 Å². The summed E-state index contributed by atoms with van der Waals surface area (Å²) in [5.41, 5.74) is -0.0890. The van der Waals surface area contributed by atoms with Gasteiger partial charge in [-0.25, -0.2) is 0 Å². The Labute approximate surface area is 75.9 Å². The molecular weight excluding hydrogens is 166 g/mol. The molecule has 1 aromatic carbocycles. The minimum Gasteiger partial charge on any atom is -0.294 e. The summed E-state index contributed by atoms with van der Waals surface area (Å²) >= 11 is 0. The molecule has 0 aliphatic carbocycles. The number of Topliss-reactive ketones (excluding diaryl/α,β-unsaturated/α-hetero) is 2. The third kappa shape index (κ3) is 2.08. The van der Waals surface area contributed by atoms with Gasteiger partial charge >= 0.3 is 0 Å². The van der Waals surface area contributed by atoms with E-state index in [9.17, 15) is 9.59 Å². The Hall–Kier alpha value is -1.77. The molecule has 0 aliphatic rings. The van der Waals surface area contributed by atoms with Crippen LogP contribution >= 0.6 is 0 Å². The molecule has 0 spiro atoms. The number of benzene rings is 1. The van der Waals surface area contributed by atoms with E-state index in [-0.39, 0.29) is 0 Å². The van der Waals surface area contributed by atoms with Crippen molar-refractivity contribution in [2.45, 2.75) is 6.92 Å². The number of carbonyl (C=O) groups excluding carboxylic acids is 2. The Bertz CT molecular complexity index is 354. The van der Waals surface area contributed by atoms with Crippen LogP contribution in [0.3, 0.4) is 0 Å². The molecule has 13 heavy (non-hydrogen) atoms. The fourth-order valence-corrected chi connectivity index (χ4v) is 0.894. The van der Waals surface area contributed by atoms with Gasteiger partial charge in [0.05, 0.1) is 0 Å². The summed E-state index contributed by atoms with van der Waals surface area (Å²) in [6.45, 7) is 1.21. The van der Waals surface area contributed by atoms with Crippen LogP contribution in [0.5, 0.6) is 0 Å². The van der Waals surface area contributed by atoms with Crippen molar-refractivity contribution >= 4 is 17.3 Å². The first kappa shape index (κ1) is 9.32. The fourth-order valence-electron chi connectivity index (χ4n) is 0.894. The second kappa shape index (κ2) is 3.76. The lowest BCUT2D eigenvalue weighted by Crippen LogP contribution is -2.20. The molecule has 0 heterocycles. The van der Waals surface area contributed by atoms with Crippen LogP contribution in [0.1, 0.15) is 17.3 Å². The molecule has 0 unspecified atom stereocenters. The van der Waals surface area contributed by atoms with Crippen molar-refractivity contribution in [3.05, 3.63) is 35.9 Å². The van der Waals surface area contributed by atoms with E-state index in [1.54, 1.807) is 30.3 Å². The van der Waals surface area contributed by atoms with Gasteiger partial charge in [0.15, 0.2) is 5.78 Å². The van der Waals surface area contributed by atoms with Crippen molar-refractivity contribution in [3.63, 3.8) is 0 Å². The number of carbonyl (C=O) groups is 2. The maximum absolute atomic E-state index is 11.3. The number of ketones is 2. The minimum absolute atomic E-state index is 0.378. The third-order valence-corrected chi connectivity index (χ3v) is 1.62. The lowest BCUT2D eigenvalue weighted by Gasteiger charge is -1.97. The highest BCUT2D eigenvalue weighted by Gasteiger charge is 2.15. The highest BCUT2D eigenvalue weighted by molar-refractivity contribution is 6.67. The van der Waals surface area contributed by atoms with E-state index in [4.69, 9.17) is 5.41 Å². The Morgan fingerprint density at radius 1 is 1.15 bits per heavy atom. The van der Waals surface area contributed by atoms with Gasteiger partial charge in [-0.3, -0.25) is 15.0 Å². The zero-order valence-corrected chi connectivity index (χ0v) is 7.20. The molecule has 0 aliphatic heterocycles. The van der Waals surface area contributed by atoms with Crippen LogP contribution in [-0.2, 0) is 4.79 Å². The van der Waals surface area contributed by atoms with Crippen molar-refractivity contribution in [2.75, 3.05) is 0 Å². The van der Waals surface area contributed by atoms with E-state index < -0.39 is 17.3 Å². The summed E-state index contributed by atoms with van der Waals surface area (Å²) in [5.74, 6) is -1.03. The van der Waals surface area contributed by atoms with Gasteiger partial charge < -0.3 is 0 Å². The van der Waals surface area contributed by atoms with Crippen molar-refractivity contribution < 1.29 is 9.59 Å². The highest BCUT2D eigenvalue weighted by Crippen LogP contribution is 2.00. The molecule has 3 heteroatoms. The SMILES string of the molecule is CC(=O)C(=N)C(=O)c1ccccc1. The maximum atomic E-state index is 11.3. The Morgan fingerprint density at radius 3 is 2.15 bits per heavy atom. The average Bonchev–Trinajstić information content (AvgIpc) is 2.17. The molecule has 0 fully saturated rings. The van der Waals surface area contributed by atoms with Crippen molar-refractivity contribution in [1.29, 1.82) is 5.41 Å². The average molecular weight is 175 g/mol. The third-order valence-electron chi connectivity index (χ3n) is 1.62. The van der Waals surface area contributed by atoms with Gasteiger partial charge in [-0.2, -0.15) is 0 Å². The van der Waals surface area contributed by atoms with Gasteiger partial charge in [0, 0.05) is 12.5 Å². The molecular formula is C10H9NO2. The first-order chi connectivity index (χ1) is 6.13. The monoisotopic (exact) mass is 175 g/mol. The number of hydrogen-bond acceptors (Lipinski definition) is 3. The van der Waals surface area contributed by atoms with Crippen LogP contribution in [0.15, 0.2) is 30.3 Å². The van der Waals surface area contributed by atoms with Gasteiger partial charge in [0.1, 0.15) is 5.71 Å². The lowest BCUT2D eigenvalue weighted by molar-refractivity contribution is -0.111. The van der Waals surface area contributed by atoms with E-state index in [1.165, 1.54) is 6.92 Å². The van der Waals surface area contributed by atoms with Crippen molar-refractivity contribution in [3.8, 4) is 0 Å². The van der Waals surface area contributed by atoms with Crippen molar-refractivity contribution in [1.82, 2.24) is 0 Å². The Kier molecular flexibility index (Phi) is 2.69. The summed E-state index contributed by atoms with van der Waals surface area (Å²) in [4.78, 5) is 22.1. The van der Waals surface area contributed by atoms with Crippen molar-refractivity contribution in [2.24, 2.45) is 0 Å². The molecule has 0 saturated heterocycles. The Morgan fingerprint density at radius 2 is 1.69 bits per heavy atom. The van der Waals surface area contributed by atoms with Gasteiger partial charge in [-0.15, -0.1) is 0 Å². The first-order valence-electron chi connectivity index (χ1n) is 3.82. The largest absolute Gasteiger partial charge is 0.294 e. The van der Waals surface area contributed by atoms with Crippen LogP contribution in [0.25, 0.3) is 0 Å². The molecule has 1 rings (SSSR count). The van der Waals surface area contributed by atoms with E-state index in [1.807, 2.05) is 0 Å². The minimum atomic E-state index is -0.520. The fraction of sp³-hybridized carbons (Fsp3) is 0.100. The first-order valence-corrected chi connectivity index (χ1v) is 3.82. The number of rotatable bonds is 3. The smallest absolute Gasteiger partial charge is 0.214 e. The Balaban J connectivity index is 2.93. The van der Waals surface area contributed by atoms with Crippen LogP contribution in [0.4, 0.5) is 0 Å². The van der Waals surface area contributed by atoms with Crippen LogP contribution < -0.4 is 0 Å². The maximum Gasteiger partial charge on any atom is 0.214 e. The zero-order valence-electron chi connectivity index (χ0n) is 7.20. The van der Waals surface area contributed by atoms with E-state index in [2.05, 4.69) is 0 Å². The molecule has 0 bridgehead atoms. The number of nitrogens with one attached hydrogen (secondary N) is 1. The summed E-state index contributed by atoms with van der Waals surface area (Å²) in [6, 6.07) is 8.33. The zero-order chi connectivity index (χ0) is 9.84. The van der Waals surface area contributed by atoms with Crippen LogP contribution in [0.2, 0.25) is 0 Å². The predicted molar refractivity (Wildman–Crippen MR) is 49.2 cm³/mol. The topological polar surface area (TPSA) is 58.0 Å². The summed E-state index contributed by atoms with van der Waals surface area (Å²) in [7, 11) is 0. The lowest BCUT2D eigenvalue weighted by atomic mass is 10.1. The summed E-state index contributed by atoms with van der Waals surface area (Å²) in [5, 5.41) is 7.19. The second-order valence-corrected chi connectivity index (χ2v) is 2.63. The molecule has 1 N–H and O–H groups in total. The summed E-state index contributed by atoms with van der Waals surface area (Å²) < 4.78 is 0. The number of hydrogen-bond donors (Lipinski definition) is 1. The highest BCUT2D eigenvalue weighted by atomic mass is 16.1. The van der Waals surface area contributed by atoms with Gasteiger partial charge in [0.25, 0.3) is 0 Å². The summed E-state index contributed by atoms with van der Waals surface area (Å²) in [6.07, 6.45) is 0. The molecule has 0 amide bonds. The molecule has 3 nitrogen and oxygen atoms in total. The predicted octanol–water partition coefficient (Wildman–Crippen LogP) is 1.48. The normalized spacial score (nSPS) is 9.31. The van der Waals surface area contributed by atoms with Crippen LogP contribution in [0, 0.1) is 5.41 Å². The van der Waals surface area contributed by atoms with Gasteiger partial charge in [0.2, 0.25) is 5.78 Å². The van der Waals surface area contributed by atoms with Gasteiger partial charge in [-0.1, -0.05) is 30.3 Å². The van der Waals surface area contributed by atoms with E-state index in [0.717, 1.165) is 0 Å². The molecule has 0 saturated carbocycles. The molecule has 0 atom stereocenters. The molecule has 0 aromatic heterocycles. The second-order valence-electron chi connectivity index (χ2n) is 2.63. The molecule has 66 valence electrons.